The summed E-state index contributed by atoms with van der Waals surface area (Å²) in [6, 6.07) is -8.23. The Morgan fingerprint density at radius 2 is 0.918 bits per heavy atom. The van der Waals surface area contributed by atoms with Gasteiger partial charge in [-0.25, -0.2) is 9.59 Å². The number of guanidine groups is 1. The van der Waals surface area contributed by atoms with Crippen molar-refractivity contribution < 1.29 is 135 Å². The van der Waals surface area contributed by atoms with Crippen LogP contribution in [0.1, 0.15) is 209 Å². The number of amides is 19. The zero-order valence-corrected chi connectivity index (χ0v) is 86.9. The van der Waals surface area contributed by atoms with E-state index in [1.54, 1.807) is 75.5 Å². The molecule has 4 rings (SSSR count). The number of fused-ring (bicyclic) bond motifs is 3. The number of thioether (sulfide) groups is 2. The molecule has 0 saturated carbocycles. The molecule has 0 spiro atoms. The summed E-state index contributed by atoms with van der Waals surface area (Å²) < 4.78 is 15.8. The first-order valence-electron chi connectivity index (χ1n) is 48.7. The molecule has 52 heteroatoms. The van der Waals surface area contributed by atoms with Crippen LogP contribution in [0.25, 0.3) is 11.1 Å². The van der Waals surface area contributed by atoms with Crippen molar-refractivity contribution in [2.75, 3.05) is 70.4 Å². The van der Waals surface area contributed by atoms with Crippen molar-refractivity contribution in [3.8, 4) is 11.1 Å². The van der Waals surface area contributed by atoms with Gasteiger partial charge in [0.1, 0.15) is 96.8 Å². The van der Waals surface area contributed by atoms with E-state index in [1.165, 1.54) is 25.6 Å². The minimum atomic E-state index is -1.99. The molecule has 0 radical (unpaired) electrons. The molecule has 2 aliphatic rings. The lowest BCUT2D eigenvalue weighted by atomic mass is 9.96. The SMILES string of the molecule is CCOC(=O)CCSC(=O)[C@@H]1CCCN1C(=O)[C@H](CC(=O)O)NC(=O)[C@H](CC(C)C)NC(=O)[C@H](CC(N)=O)NC(=O)[C@H](CCC(N)=O)NC(=O)[C@H](CC(C)C)NC(=O)[C@H](CC(N)=O)NC(=O)[C@H](CCCCNC(=O)OC(C)(C)C)NC(=O)[C@@H](NC(=O)[C@@H](NC(=O)[C@H](CO)NC(=O)[C@H](CCSC)NC(=O)[C@H](CCCNC(=N)N)NC(=O)CNC(=O)[C@H](CO)NC(=O)OCC1c2ccccc2-c2ccccc21)[C@@H](C)CC)C(C)C. The second-order valence-corrected chi connectivity index (χ2v) is 39.8. The summed E-state index contributed by atoms with van der Waals surface area (Å²) in [5.41, 5.74) is 25.1. The summed E-state index contributed by atoms with van der Waals surface area (Å²) in [6.45, 7) is 16.3. The molecule has 1 heterocycles. The van der Waals surface area contributed by atoms with Gasteiger partial charge in [-0.1, -0.05) is 122 Å². The van der Waals surface area contributed by atoms with Gasteiger partial charge in [0.15, 0.2) is 5.96 Å². The minimum absolute atomic E-state index is 0.00150. The summed E-state index contributed by atoms with van der Waals surface area (Å²) in [7, 11) is 0. The van der Waals surface area contributed by atoms with Gasteiger partial charge in [0.25, 0.3) is 0 Å². The summed E-state index contributed by atoms with van der Waals surface area (Å²) in [5.74, 6) is -24.1. The summed E-state index contributed by atoms with van der Waals surface area (Å²) >= 11 is 2.01. The van der Waals surface area contributed by atoms with Crippen LogP contribution in [0, 0.1) is 29.1 Å². The number of aliphatic hydroxyl groups excluding tert-OH is 2. The number of aliphatic carboxylic acids is 1. The number of nitrogens with zero attached hydrogens (tertiary/aromatic N) is 1. The maximum absolute atomic E-state index is 14.9. The quantitative estimate of drug-likeness (QED) is 0.0103. The van der Waals surface area contributed by atoms with Crippen LogP contribution >= 0.6 is 23.5 Å². The number of nitrogens with one attached hydrogen (secondary N) is 17. The van der Waals surface area contributed by atoms with Gasteiger partial charge in [-0.3, -0.25) is 101 Å². The number of primary amides is 3. The molecule has 818 valence electrons. The number of likely N-dealkylation sites (tertiary alicyclic amines) is 1. The Balaban J connectivity index is 1.57. The molecule has 0 unspecified atom stereocenters. The van der Waals surface area contributed by atoms with Gasteiger partial charge in [-0.05, 0) is 156 Å². The summed E-state index contributed by atoms with van der Waals surface area (Å²) in [6.07, 6.45) is -4.81. The highest BCUT2D eigenvalue weighted by atomic mass is 32.2. The van der Waals surface area contributed by atoms with E-state index in [0.717, 1.165) is 38.9 Å². The molecule has 0 aromatic heterocycles. The largest absolute Gasteiger partial charge is 0.481 e. The molecule has 1 fully saturated rings. The molecule has 1 aliphatic carbocycles. The number of carbonyl (C=O) groups excluding carboxylic acids is 21. The number of hydrogen-bond acceptors (Lipinski definition) is 30. The van der Waals surface area contributed by atoms with Gasteiger partial charge < -0.3 is 142 Å². The molecule has 147 heavy (non-hydrogen) atoms. The van der Waals surface area contributed by atoms with Gasteiger partial charge >= 0.3 is 24.1 Å². The van der Waals surface area contributed by atoms with E-state index in [1.807, 2.05) is 48.5 Å². The number of carboxylic acid groups (broad SMARTS) is 1. The van der Waals surface area contributed by atoms with Gasteiger partial charge in [-0.15, -0.1) is 0 Å². The van der Waals surface area contributed by atoms with Crippen LogP contribution in [0.4, 0.5) is 9.59 Å². The number of carboxylic acids is 1. The molecule has 1 aliphatic heterocycles. The first kappa shape index (κ1) is 126. The first-order chi connectivity index (χ1) is 69.3. The fourth-order valence-electron chi connectivity index (χ4n) is 15.6. The van der Waals surface area contributed by atoms with Gasteiger partial charge in [0.05, 0.1) is 52.0 Å². The molecular formula is C95H148N22O28S2. The topological polar surface area (TPSA) is 788 Å². The van der Waals surface area contributed by atoms with E-state index in [9.17, 15) is 121 Å². The smallest absolute Gasteiger partial charge is 0.407 e. The number of benzene rings is 2. The number of aliphatic hydroxyl groups is 2. The van der Waals surface area contributed by atoms with Gasteiger partial charge in [0.2, 0.25) is 106 Å². The number of ether oxygens (including phenoxy) is 3. The third-order valence-electron chi connectivity index (χ3n) is 23.2. The molecule has 0 bridgehead atoms. The fourth-order valence-corrected chi connectivity index (χ4v) is 17.0. The zero-order chi connectivity index (χ0) is 110. The Bertz CT molecular complexity index is 4860. The molecule has 1 saturated heterocycles. The highest BCUT2D eigenvalue weighted by Crippen LogP contribution is 2.44. The molecule has 2 aromatic rings. The Hall–Kier alpha value is -13.5. The van der Waals surface area contributed by atoms with E-state index in [4.69, 9.17) is 42.6 Å². The molecular weight excluding hydrogens is 1960 g/mol. The van der Waals surface area contributed by atoms with E-state index < -0.39 is 301 Å². The standard InChI is InChI=1S/C95H148N22O28S2/c1-14-52(9)77(116-87(136)68(47-119)113-82(131)61(33-38-146-13)106-79(128)58(29-22-36-101-92(99)100)104-73(123)45-103-78(127)67(46-118)114-94(142)144-48-57-55-26-18-16-24-53(55)54-25-17-19-27-56(54)57)89(138)115-76(51(7)8)88(137)107-59(28-20-21-35-102-93(141)145-95(10,11)12)80(129)110-64(42-71(97)121)85(134)108-62(40-49(3)4)83(132)105-60(31-32-70(96)120)81(130)111-65(43-72(98)122)86(135)109-63(41-50(5)6)84(133)112-66(44-74(124)125)90(139)117-37-23-30-69(117)91(140)147-39-34-75(126)143-15-2/h16-19,24-27,49-52,57-69,76-77,118-119H,14-15,20-23,28-48H2,1-13H3,(H2,96,120)(H2,97,121)(H2,98,122)(H,102,141)(H,103,127)(H,104,123)(H,105,132)(H,106,128)(H,107,137)(H,108,134)(H,109,135)(H,110,129)(H,111,130)(H,112,133)(H,113,131)(H,114,142)(H,115,138)(H,116,136)(H,124,125)(H4,99,100,101)/t52-,58-,59-,60-,61-,62-,63-,64-,65-,66-,67-,68-,69-,76-,77-/m0/s1. The maximum atomic E-state index is 14.9. The lowest BCUT2D eigenvalue weighted by molar-refractivity contribution is -0.145. The summed E-state index contributed by atoms with van der Waals surface area (Å²) in [4.78, 5) is 304. The van der Waals surface area contributed by atoms with Crippen LogP contribution in [-0.4, -0.2) is 316 Å². The Labute approximate surface area is 861 Å². The van der Waals surface area contributed by atoms with Crippen LogP contribution < -0.4 is 108 Å². The van der Waals surface area contributed by atoms with Crippen molar-refractivity contribution >= 4 is 159 Å². The third-order valence-corrected chi connectivity index (χ3v) is 24.8. The number of hydrogen-bond donors (Lipinski definition) is 24. The van der Waals surface area contributed by atoms with Crippen molar-refractivity contribution in [2.24, 2.45) is 46.6 Å². The normalized spacial score (nSPS) is 15.4. The number of nitrogens with two attached hydrogens (primary N) is 4. The van der Waals surface area contributed by atoms with E-state index >= 15 is 0 Å². The predicted octanol–water partition coefficient (Wildman–Crippen LogP) is -2.99. The third kappa shape index (κ3) is 44.8. The highest BCUT2D eigenvalue weighted by Gasteiger charge is 2.44. The van der Waals surface area contributed by atoms with Crippen LogP contribution in [0.15, 0.2) is 48.5 Å². The van der Waals surface area contributed by atoms with Crippen LogP contribution in [0.5, 0.6) is 0 Å². The van der Waals surface area contributed by atoms with Gasteiger partial charge in [0, 0.05) is 37.7 Å². The second kappa shape index (κ2) is 63.8. The number of carbonyl (C=O) groups is 22. The van der Waals surface area contributed by atoms with E-state index in [2.05, 4.69) is 85.1 Å². The average Bonchev–Trinajstić information content (AvgIpc) is 1.61. The minimum Gasteiger partial charge on any atom is -0.481 e. The molecule has 50 nitrogen and oxygen atoms in total. The monoisotopic (exact) mass is 2110 g/mol. The number of rotatable bonds is 65. The van der Waals surface area contributed by atoms with Crippen molar-refractivity contribution in [3.05, 3.63) is 59.7 Å². The molecule has 28 N–H and O–H groups in total. The van der Waals surface area contributed by atoms with E-state index in [-0.39, 0.29) is 121 Å². The van der Waals surface area contributed by atoms with Crippen molar-refractivity contribution in [1.29, 1.82) is 5.41 Å². The van der Waals surface area contributed by atoms with Crippen LogP contribution in [0.3, 0.4) is 0 Å². The molecule has 2 aromatic carbocycles. The van der Waals surface area contributed by atoms with Crippen molar-refractivity contribution in [2.45, 2.75) is 288 Å². The number of alkyl carbamates (subject to hydrolysis) is 2. The van der Waals surface area contributed by atoms with Gasteiger partial charge in [-0.2, -0.15) is 11.8 Å². The Morgan fingerprint density at radius 3 is 1.41 bits per heavy atom. The first-order valence-corrected chi connectivity index (χ1v) is 51.1. The highest BCUT2D eigenvalue weighted by molar-refractivity contribution is 8.13. The molecule has 15 atom stereocenters. The van der Waals surface area contributed by atoms with E-state index in [0.29, 0.717) is 6.42 Å². The average molecular weight is 2110 g/mol. The Kier molecular flexibility index (Phi) is 54.6. The van der Waals surface area contributed by atoms with Crippen molar-refractivity contribution in [1.82, 2.24) is 90.0 Å². The fraction of sp³-hybridized carbons (Fsp3) is 0.632. The zero-order valence-electron chi connectivity index (χ0n) is 85.3. The predicted molar refractivity (Wildman–Crippen MR) is 538 cm³/mol. The van der Waals surface area contributed by atoms with Crippen LogP contribution in [-0.2, 0) is 110 Å². The van der Waals surface area contributed by atoms with Crippen LogP contribution in [0.2, 0.25) is 0 Å². The number of esters is 1. The van der Waals surface area contributed by atoms with Crippen molar-refractivity contribution in [3.63, 3.8) is 0 Å². The maximum Gasteiger partial charge on any atom is 0.407 e. The number of unbranched alkanes of at least 4 members (excludes halogenated alkanes) is 1. The second-order valence-electron chi connectivity index (χ2n) is 37.7. The lowest BCUT2D eigenvalue weighted by Gasteiger charge is -2.30. The molecule has 19 amide bonds. The lowest BCUT2D eigenvalue weighted by Crippen LogP contribution is -2.62. The Morgan fingerprint density at radius 1 is 0.469 bits per heavy atom. The summed E-state index contributed by atoms with van der Waals surface area (Å²) in [5, 5.41) is 77.2.